The lowest BCUT2D eigenvalue weighted by molar-refractivity contribution is -0.148. The Bertz CT molecular complexity index is 292. The lowest BCUT2D eigenvalue weighted by atomic mass is 9.99. The molecule has 1 aliphatic rings. The molecule has 0 radical (unpaired) electrons. The summed E-state index contributed by atoms with van der Waals surface area (Å²) in [5.74, 6) is 0.0669. The van der Waals surface area contributed by atoms with Crippen molar-refractivity contribution >= 4 is 11.9 Å². The van der Waals surface area contributed by atoms with Crippen LogP contribution < -0.4 is 5.73 Å². The minimum atomic E-state index is -0.761. The summed E-state index contributed by atoms with van der Waals surface area (Å²) in [6, 6.07) is -0.761. The molecular formula is C12H21NO4. The third kappa shape index (κ3) is 4.34. The fourth-order valence-electron chi connectivity index (χ4n) is 1.62. The molecule has 0 bridgehead atoms. The second-order valence-corrected chi connectivity index (χ2v) is 4.89. The van der Waals surface area contributed by atoms with Crippen LogP contribution in [0.15, 0.2) is 0 Å². The Morgan fingerprint density at radius 3 is 2.53 bits per heavy atom. The highest BCUT2D eigenvalue weighted by molar-refractivity contribution is 5.77. The van der Waals surface area contributed by atoms with E-state index in [2.05, 4.69) is 11.7 Å². The molecule has 0 heterocycles. The number of ether oxygens (including phenoxy) is 2. The van der Waals surface area contributed by atoms with Crippen LogP contribution in [0, 0.1) is 17.8 Å². The Morgan fingerprint density at radius 1 is 1.47 bits per heavy atom. The van der Waals surface area contributed by atoms with Crippen molar-refractivity contribution in [3.63, 3.8) is 0 Å². The van der Waals surface area contributed by atoms with Gasteiger partial charge in [0, 0.05) is 0 Å². The molecule has 4 atom stereocenters. The summed E-state index contributed by atoms with van der Waals surface area (Å²) in [6.07, 6.45) is 1.24. The smallest absolute Gasteiger partial charge is 0.323 e. The summed E-state index contributed by atoms with van der Waals surface area (Å²) in [5.41, 5.74) is 5.72. The van der Waals surface area contributed by atoms with Crippen LogP contribution in [0.4, 0.5) is 0 Å². The molecule has 0 aromatic heterocycles. The summed E-state index contributed by atoms with van der Waals surface area (Å²) >= 11 is 0. The molecule has 98 valence electrons. The van der Waals surface area contributed by atoms with Crippen LogP contribution in [0.3, 0.4) is 0 Å². The maximum atomic E-state index is 11.6. The van der Waals surface area contributed by atoms with Gasteiger partial charge in [-0.3, -0.25) is 9.59 Å². The van der Waals surface area contributed by atoms with Gasteiger partial charge in [-0.25, -0.2) is 0 Å². The van der Waals surface area contributed by atoms with Crippen LogP contribution >= 0.6 is 0 Å². The molecule has 1 rings (SSSR count). The van der Waals surface area contributed by atoms with Crippen molar-refractivity contribution in [1.29, 1.82) is 0 Å². The van der Waals surface area contributed by atoms with Crippen molar-refractivity contribution in [2.45, 2.75) is 32.7 Å². The van der Waals surface area contributed by atoms with E-state index in [-0.39, 0.29) is 18.3 Å². The van der Waals surface area contributed by atoms with E-state index in [0.29, 0.717) is 18.4 Å². The molecule has 0 saturated heterocycles. The van der Waals surface area contributed by atoms with Gasteiger partial charge in [0.25, 0.3) is 0 Å². The average molecular weight is 243 g/mol. The molecule has 1 aliphatic carbocycles. The summed E-state index contributed by atoms with van der Waals surface area (Å²) in [5, 5.41) is 0. The van der Waals surface area contributed by atoms with Crippen LogP contribution in [0.1, 0.15) is 26.7 Å². The number of carbonyl (C=O) groups excluding carboxylic acids is 2. The lowest BCUT2D eigenvalue weighted by Crippen LogP contribution is -2.39. The summed E-state index contributed by atoms with van der Waals surface area (Å²) in [4.78, 5) is 22.6. The van der Waals surface area contributed by atoms with Crippen LogP contribution in [0.25, 0.3) is 0 Å². The Kier molecular flexibility index (Phi) is 4.93. The van der Waals surface area contributed by atoms with Crippen molar-refractivity contribution in [1.82, 2.24) is 0 Å². The first kappa shape index (κ1) is 14.0. The van der Waals surface area contributed by atoms with Gasteiger partial charge in [-0.15, -0.1) is 0 Å². The molecule has 0 aromatic rings. The third-order valence-electron chi connectivity index (χ3n) is 3.32. The first-order chi connectivity index (χ1) is 7.95. The normalized spacial score (nSPS) is 25.9. The van der Waals surface area contributed by atoms with E-state index in [1.807, 2.05) is 0 Å². The van der Waals surface area contributed by atoms with E-state index in [9.17, 15) is 9.59 Å². The predicted octanol–water partition coefficient (Wildman–Crippen LogP) is 0.712. The molecule has 5 nitrogen and oxygen atoms in total. The molecule has 3 unspecified atom stereocenters. The summed E-state index contributed by atoms with van der Waals surface area (Å²) < 4.78 is 9.64. The van der Waals surface area contributed by atoms with Gasteiger partial charge in [-0.05, 0) is 24.2 Å². The van der Waals surface area contributed by atoms with Gasteiger partial charge < -0.3 is 15.2 Å². The van der Waals surface area contributed by atoms with Gasteiger partial charge in [-0.1, -0.05) is 13.8 Å². The number of hydrogen-bond acceptors (Lipinski definition) is 5. The molecule has 1 saturated carbocycles. The largest absolute Gasteiger partial charge is 0.469 e. The molecule has 17 heavy (non-hydrogen) atoms. The molecule has 0 aromatic carbocycles. The first-order valence-corrected chi connectivity index (χ1v) is 5.94. The zero-order chi connectivity index (χ0) is 13.0. The Morgan fingerprint density at radius 2 is 2.06 bits per heavy atom. The number of esters is 2. The SMILES string of the molecule is COC(=O)CC(C)C(N)C(=O)OC[C@H]1CC1C. The topological polar surface area (TPSA) is 78.6 Å². The van der Waals surface area contributed by atoms with E-state index < -0.39 is 12.0 Å². The highest BCUT2D eigenvalue weighted by Crippen LogP contribution is 2.37. The Labute approximate surface area is 102 Å². The summed E-state index contributed by atoms with van der Waals surface area (Å²) in [6.45, 7) is 4.31. The van der Waals surface area contributed by atoms with Crippen LogP contribution in [-0.2, 0) is 19.1 Å². The lowest BCUT2D eigenvalue weighted by Gasteiger charge is -2.17. The van der Waals surface area contributed by atoms with E-state index in [0.717, 1.165) is 6.42 Å². The minimum Gasteiger partial charge on any atom is -0.469 e. The first-order valence-electron chi connectivity index (χ1n) is 5.94. The van der Waals surface area contributed by atoms with Crippen molar-refractivity contribution < 1.29 is 19.1 Å². The zero-order valence-electron chi connectivity index (χ0n) is 10.6. The van der Waals surface area contributed by atoms with Crippen molar-refractivity contribution in [2.24, 2.45) is 23.5 Å². The van der Waals surface area contributed by atoms with Crippen molar-refractivity contribution in [3.05, 3.63) is 0 Å². The number of rotatable bonds is 6. The van der Waals surface area contributed by atoms with Gasteiger partial charge in [0.15, 0.2) is 0 Å². The monoisotopic (exact) mass is 243 g/mol. The molecule has 1 fully saturated rings. The number of carbonyl (C=O) groups is 2. The molecule has 2 N–H and O–H groups in total. The fourth-order valence-corrected chi connectivity index (χ4v) is 1.62. The average Bonchev–Trinajstić information content (AvgIpc) is 3.00. The molecule has 5 heteroatoms. The van der Waals surface area contributed by atoms with Crippen LogP contribution in [0.5, 0.6) is 0 Å². The Balaban J connectivity index is 2.26. The molecule has 0 spiro atoms. The van der Waals surface area contributed by atoms with E-state index in [4.69, 9.17) is 10.5 Å². The van der Waals surface area contributed by atoms with Gasteiger partial charge in [0.05, 0.1) is 20.1 Å². The summed E-state index contributed by atoms with van der Waals surface area (Å²) in [7, 11) is 1.31. The molecule has 0 aliphatic heterocycles. The van der Waals surface area contributed by atoms with E-state index in [1.54, 1.807) is 6.92 Å². The van der Waals surface area contributed by atoms with Gasteiger partial charge in [-0.2, -0.15) is 0 Å². The minimum absolute atomic E-state index is 0.132. The highest BCUT2D eigenvalue weighted by Gasteiger charge is 2.34. The van der Waals surface area contributed by atoms with E-state index >= 15 is 0 Å². The Hall–Kier alpha value is -1.10. The van der Waals surface area contributed by atoms with Gasteiger partial charge in [0.1, 0.15) is 6.04 Å². The van der Waals surface area contributed by atoms with Gasteiger partial charge >= 0.3 is 11.9 Å². The number of methoxy groups -OCH3 is 1. The second kappa shape index (κ2) is 6.00. The molecular weight excluding hydrogens is 222 g/mol. The van der Waals surface area contributed by atoms with Crippen molar-refractivity contribution in [3.8, 4) is 0 Å². The second-order valence-electron chi connectivity index (χ2n) is 4.89. The standard InChI is InChI=1S/C12H21NO4/c1-7-4-9(7)6-17-12(15)11(13)8(2)5-10(14)16-3/h7-9,11H,4-6,13H2,1-3H3/t7?,8?,9-,11?/m1/s1. The molecule has 0 amide bonds. The maximum Gasteiger partial charge on any atom is 0.323 e. The van der Waals surface area contributed by atoms with E-state index in [1.165, 1.54) is 7.11 Å². The number of nitrogens with two attached hydrogens (primary N) is 1. The van der Waals surface area contributed by atoms with Crippen LogP contribution in [0.2, 0.25) is 0 Å². The fraction of sp³-hybridized carbons (Fsp3) is 0.833. The van der Waals surface area contributed by atoms with Gasteiger partial charge in [0.2, 0.25) is 0 Å². The quantitative estimate of drug-likeness (QED) is 0.695. The number of hydrogen-bond donors (Lipinski definition) is 1. The maximum absolute atomic E-state index is 11.6. The van der Waals surface area contributed by atoms with Crippen LogP contribution in [-0.4, -0.2) is 31.7 Å². The third-order valence-corrected chi connectivity index (χ3v) is 3.32. The zero-order valence-corrected chi connectivity index (χ0v) is 10.6. The van der Waals surface area contributed by atoms with Crippen molar-refractivity contribution in [2.75, 3.05) is 13.7 Å². The highest BCUT2D eigenvalue weighted by atomic mass is 16.5. The predicted molar refractivity (Wildman–Crippen MR) is 62.0 cm³/mol.